The minimum Gasteiger partial charge on any atom is -0.481 e. The Labute approximate surface area is 292 Å². The van der Waals surface area contributed by atoms with Crippen LogP contribution < -0.4 is 0 Å². The van der Waals surface area contributed by atoms with Gasteiger partial charge in [-0.25, -0.2) is 0 Å². The first-order chi connectivity index (χ1) is 24.1. The van der Waals surface area contributed by atoms with Crippen molar-refractivity contribution in [3.8, 4) is 0 Å². The molecule has 0 spiro atoms. The third kappa shape index (κ3) is 9.71. The number of carboxylic acid groups (broad SMARTS) is 1. The molecule has 3 heterocycles. The summed E-state index contributed by atoms with van der Waals surface area (Å²) >= 11 is 0. The maximum atomic E-state index is 11.8. The normalized spacial score (nSPS) is 46.1. The molecule has 0 amide bonds. The van der Waals surface area contributed by atoms with E-state index in [-0.39, 0.29) is 25.2 Å². The minimum absolute atomic E-state index is 0.0502. The number of aliphatic hydroxyl groups is 8. The van der Waals surface area contributed by atoms with Crippen molar-refractivity contribution in [3.05, 3.63) is 0 Å². The van der Waals surface area contributed by atoms with Gasteiger partial charge in [0.05, 0.1) is 36.6 Å². The first-order valence-corrected chi connectivity index (χ1v) is 17.4. The third-order valence-corrected chi connectivity index (χ3v) is 10.5. The third-order valence-electron chi connectivity index (χ3n) is 10.5. The predicted octanol–water partition coefficient (Wildman–Crippen LogP) is -3.57. The fourth-order valence-corrected chi connectivity index (χ4v) is 7.73. The van der Waals surface area contributed by atoms with E-state index in [9.17, 15) is 55.2 Å². The van der Waals surface area contributed by atoms with Crippen LogP contribution in [0.4, 0.5) is 0 Å². The topological polar surface area (TPSA) is 298 Å². The number of aliphatic carboxylic acids is 1. The van der Waals surface area contributed by atoms with E-state index in [1.54, 1.807) is 0 Å². The van der Waals surface area contributed by atoms with Crippen molar-refractivity contribution in [2.45, 2.75) is 156 Å². The number of hydrogen-bond donors (Lipinski definition) is 9. The van der Waals surface area contributed by atoms with Crippen LogP contribution in [0.15, 0.2) is 0 Å². The van der Waals surface area contributed by atoms with Gasteiger partial charge < -0.3 is 79.1 Å². The molecule has 0 aromatic heterocycles. The largest absolute Gasteiger partial charge is 0.481 e. The number of ether oxygens (including phenoxy) is 7. The first kappa shape index (κ1) is 40.1. The lowest BCUT2D eigenvalue weighted by molar-refractivity contribution is -0.344. The van der Waals surface area contributed by atoms with Gasteiger partial charge in [-0.05, 0) is 44.4 Å². The fraction of sp³-hybridized carbons (Fsp3) is 0.906. The zero-order valence-corrected chi connectivity index (χ0v) is 28.1. The van der Waals surface area contributed by atoms with E-state index in [1.165, 1.54) is 0 Å². The van der Waals surface area contributed by atoms with Gasteiger partial charge in [0.25, 0.3) is 0 Å². The lowest BCUT2D eigenvalue weighted by Crippen LogP contribution is -2.63. The van der Waals surface area contributed by atoms with E-state index in [0.717, 1.165) is 6.92 Å². The van der Waals surface area contributed by atoms with Crippen LogP contribution in [-0.4, -0.2) is 175 Å². The van der Waals surface area contributed by atoms with E-state index < -0.39 is 141 Å². The van der Waals surface area contributed by atoms with Gasteiger partial charge in [0, 0.05) is 19.3 Å². The van der Waals surface area contributed by atoms with E-state index >= 15 is 0 Å². The molecule has 3 saturated heterocycles. The summed E-state index contributed by atoms with van der Waals surface area (Å²) in [5.74, 6) is -3.88. The van der Waals surface area contributed by atoms with E-state index in [0.29, 0.717) is 25.7 Å². The van der Waals surface area contributed by atoms with Crippen LogP contribution in [0, 0.1) is 11.8 Å². The van der Waals surface area contributed by atoms with Crippen molar-refractivity contribution in [1.29, 1.82) is 0 Å². The Balaban J connectivity index is 1.34. The van der Waals surface area contributed by atoms with E-state index in [2.05, 4.69) is 0 Å². The number of rotatable bonds is 11. The molecule has 2 saturated carbocycles. The molecular formula is C32H50O19. The van der Waals surface area contributed by atoms with Crippen molar-refractivity contribution in [2.75, 3.05) is 13.2 Å². The first-order valence-electron chi connectivity index (χ1n) is 17.4. The van der Waals surface area contributed by atoms with Crippen molar-refractivity contribution in [1.82, 2.24) is 0 Å². The summed E-state index contributed by atoms with van der Waals surface area (Å²) in [6.07, 6.45) is -18.9. The smallest absolute Gasteiger partial charge is 0.317 e. The van der Waals surface area contributed by atoms with Crippen LogP contribution in [0.3, 0.4) is 0 Å². The van der Waals surface area contributed by atoms with E-state index in [1.807, 2.05) is 0 Å². The Morgan fingerprint density at radius 1 is 0.627 bits per heavy atom. The molecule has 0 bridgehead atoms. The molecule has 0 radical (unpaired) electrons. The van der Waals surface area contributed by atoms with Gasteiger partial charge in [0.15, 0.2) is 12.6 Å². The lowest BCUT2D eigenvalue weighted by Gasteiger charge is -2.52. The molecule has 5 rings (SSSR count). The van der Waals surface area contributed by atoms with Crippen LogP contribution >= 0.6 is 0 Å². The summed E-state index contributed by atoms with van der Waals surface area (Å²) in [5.41, 5.74) is 0. The minimum atomic E-state index is -1.81. The van der Waals surface area contributed by atoms with Crippen LogP contribution in [-0.2, 0) is 47.5 Å². The van der Waals surface area contributed by atoms with Gasteiger partial charge in [-0.1, -0.05) is 0 Å². The molecule has 3 aliphatic heterocycles. The maximum Gasteiger partial charge on any atom is 0.317 e. The average Bonchev–Trinajstić information content (AvgIpc) is 3.07. The Bertz CT molecular complexity index is 1180. The molecule has 5 aliphatic rings. The molecule has 16 unspecified atom stereocenters. The molecule has 0 aromatic carbocycles. The highest BCUT2D eigenvalue weighted by molar-refractivity contribution is 5.90. The van der Waals surface area contributed by atoms with Crippen LogP contribution in [0.5, 0.6) is 0 Å². The van der Waals surface area contributed by atoms with Crippen LogP contribution in [0.2, 0.25) is 0 Å². The van der Waals surface area contributed by atoms with Gasteiger partial charge in [0.2, 0.25) is 0 Å². The number of carboxylic acids is 1. The quantitative estimate of drug-likeness (QED) is 0.0732. The maximum absolute atomic E-state index is 11.8. The monoisotopic (exact) mass is 738 g/mol. The van der Waals surface area contributed by atoms with Gasteiger partial charge in [-0.3, -0.25) is 14.4 Å². The summed E-state index contributed by atoms with van der Waals surface area (Å²) < 4.78 is 40.4. The Morgan fingerprint density at radius 3 is 1.73 bits per heavy atom. The van der Waals surface area contributed by atoms with E-state index in [4.69, 9.17) is 38.3 Å². The average molecular weight is 739 g/mol. The second kappa shape index (κ2) is 17.4. The standard InChI is InChI=1S/C32H50O19/c1-12(33)45-10-20-24(39)26(41)28(43)31(50-20)48-18-7-15(35)6-17-16(18)8-19(30(47-17)13-2-4-14(34)5-3-13)49-32-29(44)27(42)25(40)21(51-32)11-46-23(38)9-22(36)37/h13-21,24-32,34-35,39-44H,2-11H2,1H3,(H,36,37). The molecule has 19 nitrogen and oxygen atoms in total. The van der Waals surface area contributed by atoms with Gasteiger partial charge >= 0.3 is 17.9 Å². The number of carbonyl (C=O) groups excluding carboxylic acids is 2. The van der Waals surface area contributed by atoms with Gasteiger partial charge in [-0.15, -0.1) is 0 Å². The second-order valence-electron chi connectivity index (χ2n) is 14.2. The summed E-state index contributed by atoms with van der Waals surface area (Å²) in [4.78, 5) is 34.1. The number of hydrogen-bond acceptors (Lipinski definition) is 18. The molecule has 5 fully saturated rings. The molecule has 292 valence electrons. The molecule has 19 heteroatoms. The predicted molar refractivity (Wildman–Crippen MR) is 163 cm³/mol. The van der Waals surface area contributed by atoms with Crippen LogP contribution in [0.1, 0.15) is 58.3 Å². The van der Waals surface area contributed by atoms with Crippen molar-refractivity contribution in [3.63, 3.8) is 0 Å². The second-order valence-corrected chi connectivity index (χ2v) is 14.2. The Kier molecular flexibility index (Phi) is 13.6. The number of carbonyl (C=O) groups is 3. The summed E-state index contributed by atoms with van der Waals surface area (Å²) in [5, 5.41) is 93.7. The molecule has 9 N–H and O–H groups in total. The van der Waals surface area contributed by atoms with Gasteiger partial charge in [-0.2, -0.15) is 0 Å². The molecule has 2 aliphatic carbocycles. The molecule has 16 atom stereocenters. The summed E-state index contributed by atoms with van der Waals surface area (Å²) in [7, 11) is 0. The van der Waals surface area contributed by atoms with Gasteiger partial charge in [0.1, 0.15) is 68.5 Å². The van der Waals surface area contributed by atoms with Crippen molar-refractivity contribution < 1.29 is 93.5 Å². The highest BCUT2D eigenvalue weighted by atomic mass is 16.7. The molecular weight excluding hydrogens is 688 g/mol. The summed E-state index contributed by atoms with van der Waals surface area (Å²) in [6, 6.07) is 0. The molecule has 0 aromatic rings. The summed E-state index contributed by atoms with van der Waals surface area (Å²) in [6.45, 7) is 0.0728. The fourth-order valence-electron chi connectivity index (χ4n) is 7.73. The SMILES string of the molecule is CC(=O)OCC1OC(OC2CC(O)CC3OC(C4CCC(O)CC4)C(OC4OC(COC(=O)CC(=O)O)C(O)C(O)C4O)CC23)C(O)C(O)C1O. The highest BCUT2D eigenvalue weighted by Crippen LogP contribution is 2.45. The number of aliphatic hydroxyl groups excluding tert-OH is 8. The van der Waals surface area contributed by atoms with Crippen molar-refractivity contribution in [2.24, 2.45) is 11.8 Å². The Hall–Kier alpha value is -2.11. The number of fused-ring (bicyclic) bond motifs is 1. The molecule has 51 heavy (non-hydrogen) atoms. The van der Waals surface area contributed by atoms with Crippen molar-refractivity contribution >= 4 is 17.9 Å². The lowest BCUT2D eigenvalue weighted by atomic mass is 9.73. The number of esters is 2. The Morgan fingerprint density at radius 2 is 1.18 bits per heavy atom. The zero-order valence-electron chi connectivity index (χ0n) is 28.1. The zero-order chi connectivity index (χ0) is 37.1. The van der Waals surface area contributed by atoms with Crippen LogP contribution in [0.25, 0.3) is 0 Å². The highest BCUT2D eigenvalue weighted by Gasteiger charge is 2.54.